The molecule has 134 valence electrons. The number of nitrogens with zero attached hydrogens (tertiary/aromatic N) is 3. The Labute approximate surface area is 146 Å². The van der Waals surface area contributed by atoms with Crippen LogP contribution in [0.4, 0.5) is 0 Å². The van der Waals surface area contributed by atoms with E-state index in [0.717, 1.165) is 0 Å². The van der Waals surface area contributed by atoms with Crippen molar-refractivity contribution in [2.24, 2.45) is 5.92 Å². The molecular formula is C17H23N5O3. The van der Waals surface area contributed by atoms with Gasteiger partial charge in [-0.25, -0.2) is 4.98 Å². The summed E-state index contributed by atoms with van der Waals surface area (Å²) in [6.07, 6.45) is 6.03. The van der Waals surface area contributed by atoms with E-state index in [1.54, 1.807) is 4.90 Å². The van der Waals surface area contributed by atoms with E-state index >= 15 is 0 Å². The van der Waals surface area contributed by atoms with Crippen LogP contribution in [0.2, 0.25) is 0 Å². The van der Waals surface area contributed by atoms with Crippen molar-refractivity contribution in [2.45, 2.75) is 51.2 Å². The van der Waals surface area contributed by atoms with Crippen LogP contribution in [-0.2, 0) is 9.59 Å². The molecule has 1 aromatic rings. The summed E-state index contributed by atoms with van der Waals surface area (Å²) in [5, 5.41) is 5.72. The number of rotatable bonds is 4. The molecule has 2 saturated heterocycles. The van der Waals surface area contributed by atoms with Crippen molar-refractivity contribution >= 4 is 17.7 Å². The summed E-state index contributed by atoms with van der Waals surface area (Å²) in [5.41, 5.74) is 0.242. The van der Waals surface area contributed by atoms with Crippen molar-refractivity contribution in [1.82, 2.24) is 25.5 Å². The number of aromatic nitrogens is 2. The van der Waals surface area contributed by atoms with Crippen LogP contribution in [0, 0.1) is 5.92 Å². The first kappa shape index (κ1) is 17.3. The van der Waals surface area contributed by atoms with E-state index in [-0.39, 0.29) is 29.5 Å². The van der Waals surface area contributed by atoms with Crippen molar-refractivity contribution < 1.29 is 14.4 Å². The molecule has 3 amide bonds. The lowest BCUT2D eigenvalue weighted by Crippen LogP contribution is -2.67. The molecule has 0 unspecified atom stereocenters. The molecule has 8 nitrogen and oxygen atoms in total. The van der Waals surface area contributed by atoms with Crippen LogP contribution >= 0.6 is 0 Å². The Bertz CT molecular complexity index is 664. The molecule has 2 aliphatic heterocycles. The van der Waals surface area contributed by atoms with Gasteiger partial charge in [0.1, 0.15) is 17.8 Å². The molecule has 3 atom stereocenters. The highest BCUT2D eigenvalue weighted by Gasteiger charge is 2.44. The molecule has 2 N–H and O–H groups in total. The molecule has 0 spiro atoms. The maximum atomic E-state index is 12.6. The standard InChI is InChI=1S/C17H23N5O3/c1-10(2)7-12-17(25)22-6-3-11(8-14(22)16(24)21-12)20-15(23)13-9-18-4-5-19-13/h4-5,9-12,14H,3,6-8H2,1-2H3,(H,20,23)(H,21,24)/t11-,12+,14-/m0/s1. The molecule has 3 heterocycles. The van der Waals surface area contributed by atoms with Gasteiger partial charge in [0.15, 0.2) is 0 Å². The van der Waals surface area contributed by atoms with Crippen molar-refractivity contribution in [3.8, 4) is 0 Å². The maximum absolute atomic E-state index is 12.6. The third-order valence-electron chi connectivity index (χ3n) is 4.64. The van der Waals surface area contributed by atoms with Crippen molar-refractivity contribution in [1.29, 1.82) is 0 Å². The molecule has 2 fully saturated rings. The first-order valence-electron chi connectivity index (χ1n) is 8.63. The van der Waals surface area contributed by atoms with Gasteiger partial charge >= 0.3 is 0 Å². The molecular weight excluding hydrogens is 322 g/mol. The molecule has 3 rings (SSSR count). The molecule has 2 aliphatic rings. The average molecular weight is 345 g/mol. The second kappa shape index (κ2) is 7.16. The molecule has 25 heavy (non-hydrogen) atoms. The van der Waals surface area contributed by atoms with Gasteiger partial charge in [0.25, 0.3) is 5.91 Å². The number of fused-ring (bicyclic) bond motifs is 1. The second-order valence-corrected chi connectivity index (χ2v) is 7.02. The monoisotopic (exact) mass is 345 g/mol. The largest absolute Gasteiger partial charge is 0.348 e. The smallest absolute Gasteiger partial charge is 0.271 e. The molecule has 0 aromatic carbocycles. The lowest BCUT2D eigenvalue weighted by Gasteiger charge is -2.44. The van der Waals surface area contributed by atoms with Gasteiger partial charge in [-0.1, -0.05) is 13.8 Å². The van der Waals surface area contributed by atoms with Crippen LogP contribution in [0.25, 0.3) is 0 Å². The molecule has 8 heteroatoms. The number of piperazine rings is 1. The van der Waals surface area contributed by atoms with Crippen molar-refractivity contribution in [2.75, 3.05) is 6.54 Å². The minimum absolute atomic E-state index is 0.0167. The number of carbonyl (C=O) groups is 3. The van der Waals surface area contributed by atoms with Gasteiger partial charge in [0.2, 0.25) is 11.8 Å². The fourth-order valence-electron chi connectivity index (χ4n) is 3.45. The SMILES string of the molecule is CC(C)C[C@H]1NC(=O)[C@@H]2C[C@@H](NC(=O)c3cnccn3)CCN2C1=O. The summed E-state index contributed by atoms with van der Waals surface area (Å²) < 4.78 is 0. The molecule has 1 aromatic heterocycles. The Kier molecular flexibility index (Phi) is 4.96. The quantitative estimate of drug-likeness (QED) is 0.806. The van der Waals surface area contributed by atoms with Gasteiger partial charge in [0, 0.05) is 25.0 Å². The van der Waals surface area contributed by atoms with Crippen LogP contribution in [0.3, 0.4) is 0 Å². The zero-order valence-electron chi connectivity index (χ0n) is 14.4. The second-order valence-electron chi connectivity index (χ2n) is 7.02. The van der Waals surface area contributed by atoms with E-state index in [9.17, 15) is 14.4 Å². The van der Waals surface area contributed by atoms with Gasteiger partial charge < -0.3 is 15.5 Å². The van der Waals surface area contributed by atoms with Crippen LogP contribution < -0.4 is 10.6 Å². The maximum Gasteiger partial charge on any atom is 0.271 e. The number of carbonyl (C=O) groups excluding carboxylic acids is 3. The van der Waals surface area contributed by atoms with Gasteiger partial charge in [-0.05, 0) is 25.2 Å². The minimum atomic E-state index is -0.517. The summed E-state index contributed by atoms with van der Waals surface area (Å²) in [6, 6.07) is -1.12. The number of amides is 3. The van der Waals surface area contributed by atoms with E-state index in [4.69, 9.17) is 0 Å². The van der Waals surface area contributed by atoms with Crippen LogP contribution in [0.1, 0.15) is 43.6 Å². The summed E-state index contributed by atoms with van der Waals surface area (Å²) >= 11 is 0. The average Bonchev–Trinajstić information content (AvgIpc) is 2.60. The summed E-state index contributed by atoms with van der Waals surface area (Å²) in [6.45, 7) is 4.52. The predicted octanol–water partition coefficient (Wildman–Crippen LogP) is 0.111. The summed E-state index contributed by atoms with van der Waals surface area (Å²) in [4.78, 5) is 46.7. The highest BCUT2D eigenvalue weighted by molar-refractivity contribution is 5.97. The minimum Gasteiger partial charge on any atom is -0.348 e. The lowest BCUT2D eigenvalue weighted by molar-refractivity contribution is -0.152. The third kappa shape index (κ3) is 3.78. The Morgan fingerprint density at radius 3 is 2.88 bits per heavy atom. The van der Waals surface area contributed by atoms with Crippen molar-refractivity contribution in [3.05, 3.63) is 24.3 Å². The van der Waals surface area contributed by atoms with E-state index in [1.807, 2.05) is 13.8 Å². The first-order chi connectivity index (χ1) is 12.0. The summed E-state index contributed by atoms with van der Waals surface area (Å²) in [7, 11) is 0. The van der Waals surface area contributed by atoms with Gasteiger partial charge in [-0.15, -0.1) is 0 Å². The zero-order valence-corrected chi connectivity index (χ0v) is 14.4. The van der Waals surface area contributed by atoms with Crippen LogP contribution in [-0.4, -0.2) is 57.3 Å². The van der Waals surface area contributed by atoms with E-state index in [1.165, 1.54) is 18.6 Å². The van der Waals surface area contributed by atoms with Gasteiger partial charge in [0.05, 0.1) is 6.20 Å². The Hall–Kier alpha value is -2.51. The van der Waals surface area contributed by atoms with Crippen LogP contribution in [0.5, 0.6) is 0 Å². The topological polar surface area (TPSA) is 104 Å². The number of nitrogens with one attached hydrogen (secondary N) is 2. The number of piperidine rings is 1. The van der Waals surface area contributed by atoms with Gasteiger partial charge in [-0.3, -0.25) is 19.4 Å². The Morgan fingerprint density at radius 1 is 1.40 bits per heavy atom. The van der Waals surface area contributed by atoms with Crippen LogP contribution in [0.15, 0.2) is 18.6 Å². The van der Waals surface area contributed by atoms with Gasteiger partial charge in [-0.2, -0.15) is 0 Å². The highest BCUT2D eigenvalue weighted by Crippen LogP contribution is 2.24. The molecule has 0 bridgehead atoms. The highest BCUT2D eigenvalue weighted by atomic mass is 16.2. The summed E-state index contributed by atoms with van der Waals surface area (Å²) in [5.74, 6) is -0.137. The number of hydrogen-bond donors (Lipinski definition) is 2. The Balaban J connectivity index is 1.63. The fraction of sp³-hybridized carbons (Fsp3) is 0.588. The van der Waals surface area contributed by atoms with E-state index < -0.39 is 12.1 Å². The molecule has 0 aliphatic carbocycles. The normalized spacial score (nSPS) is 26.2. The Morgan fingerprint density at radius 2 is 2.20 bits per heavy atom. The molecule has 0 saturated carbocycles. The van der Waals surface area contributed by atoms with E-state index in [0.29, 0.717) is 31.7 Å². The molecule has 0 radical (unpaired) electrons. The van der Waals surface area contributed by atoms with Crippen molar-refractivity contribution in [3.63, 3.8) is 0 Å². The van der Waals surface area contributed by atoms with E-state index in [2.05, 4.69) is 20.6 Å². The fourth-order valence-corrected chi connectivity index (χ4v) is 3.45. The third-order valence-corrected chi connectivity index (χ3v) is 4.64. The first-order valence-corrected chi connectivity index (χ1v) is 8.63. The lowest BCUT2D eigenvalue weighted by atomic mass is 9.91. The zero-order chi connectivity index (χ0) is 18.0. The number of hydrogen-bond acceptors (Lipinski definition) is 5. The predicted molar refractivity (Wildman–Crippen MR) is 89.4 cm³/mol.